The number of carbonyl (C=O) groups excluding carboxylic acids is 1. The van der Waals surface area contributed by atoms with Gasteiger partial charge in [-0.1, -0.05) is 0 Å². The quantitative estimate of drug-likeness (QED) is 0.847. The van der Waals surface area contributed by atoms with Crippen LogP contribution in [0.5, 0.6) is 0 Å². The summed E-state index contributed by atoms with van der Waals surface area (Å²) < 4.78 is 6.80. The highest BCUT2D eigenvalue weighted by molar-refractivity contribution is 5.85. The molecule has 1 aromatic heterocycles. The molecule has 20 heavy (non-hydrogen) atoms. The minimum Gasteiger partial charge on any atom is -0.383 e. The maximum Gasteiger partial charge on any atom is 0.227 e. The standard InChI is InChI=1S/C13H22N4O2.ClH/c1-16(4-5-19-3)13(18)12-8-14-7-11(12)10-6-15-17(2)9-10;/h6,9,11-12,14H,4-5,7-8H2,1-3H3;1H/t11-,12+;/m1./s1. The third-order valence-corrected chi connectivity index (χ3v) is 3.69. The van der Waals surface area contributed by atoms with Gasteiger partial charge in [0.05, 0.1) is 18.7 Å². The van der Waals surface area contributed by atoms with Crippen molar-refractivity contribution in [1.29, 1.82) is 0 Å². The molecular weight excluding hydrogens is 280 g/mol. The minimum atomic E-state index is -0.00828. The van der Waals surface area contributed by atoms with E-state index in [1.165, 1.54) is 0 Å². The van der Waals surface area contributed by atoms with Crippen molar-refractivity contribution >= 4 is 18.3 Å². The molecular formula is C13H23ClN4O2. The van der Waals surface area contributed by atoms with Crippen LogP contribution in [0.25, 0.3) is 0 Å². The molecule has 0 aromatic carbocycles. The van der Waals surface area contributed by atoms with Gasteiger partial charge in [-0.05, 0) is 5.56 Å². The van der Waals surface area contributed by atoms with E-state index in [0.717, 1.165) is 18.7 Å². The van der Waals surface area contributed by atoms with Crippen molar-refractivity contribution in [1.82, 2.24) is 20.0 Å². The topological polar surface area (TPSA) is 59.4 Å². The molecule has 0 radical (unpaired) electrons. The second-order valence-corrected chi connectivity index (χ2v) is 5.07. The maximum absolute atomic E-state index is 12.4. The predicted molar refractivity (Wildman–Crippen MR) is 79.1 cm³/mol. The number of aromatic nitrogens is 2. The Morgan fingerprint density at radius 2 is 2.35 bits per heavy atom. The van der Waals surface area contributed by atoms with Gasteiger partial charge in [0, 0.05) is 53.0 Å². The van der Waals surface area contributed by atoms with E-state index in [1.807, 2.05) is 26.5 Å². The molecule has 2 atom stereocenters. The van der Waals surface area contributed by atoms with E-state index in [2.05, 4.69) is 10.4 Å². The lowest BCUT2D eigenvalue weighted by Gasteiger charge is -2.23. The van der Waals surface area contributed by atoms with Gasteiger partial charge in [-0.15, -0.1) is 12.4 Å². The number of nitrogens with zero attached hydrogens (tertiary/aromatic N) is 3. The van der Waals surface area contributed by atoms with Gasteiger partial charge in [-0.2, -0.15) is 5.10 Å². The number of hydrogen-bond donors (Lipinski definition) is 1. The summed E-state index contributed by atoms with van der Waals surface area (Å²) in [6.07, 6.45) is 3.85. The van der Waals surface area contributed by atoms with Crippen molar-refractivity contribution in [3.05, 3.63) is 18.0 Å². The Balaban J connectivity index is 0.00000200. The number of nitrogens with one attached hydrogen (secondary N) is 1. The Morgan fingerprint density at radius 3 is 2.95 bits per heavy atom. The van der Waals surface area contributed by atoms with Crippen LogP contribution in [0.3, 0.4) is 0 Å². The highest BCUT2D eigenvalue weighted by Crippen LogP contribution is 2.28. The Bertz CT molecular complexity index is 438. The number of likely N-dealkylation sites (N-methyl/N-ethyl adjacent to an activating group) is 1. The normalized spacial score (nSPS) is 21.6. The molecule has 0 aliphatic carbocycles. The van der Waals surface area contributed by atoms with E-state index < -0.39 is 0 Å². The van der Waals surface area contributed by atoms with Gasteiger partial charge in [0.2, 0.25) is 5.91 Å². The SMILES string of the molecule is COCCN(C)C(=O)[C@H]1CNC[C@@H]1c1cnn(C)c1.Cl. The van der Waals surface area contributed by atoms with Gasteiger partial charge in [-0.25, -0.2) is 0 Å². The van der Waals surface area contributed by atoms with Crippen LogP contribution in [0.2, 0.25) is 0 Å². The Labute approximate surface area is 125 Å². The number of ether oxygens (including phenoxy) is 1. The second kappa shape index (κ2) is 7.61. The summed E-state index contributed by atoms with van der Waals surface area (Å²) in [5.41, 5.74) is 1.13. The molecule has 0 spiro atoms. The zero-order valence-electron chi connectivity index (χ0n) is 12.2. The molecule has 2 heterocycles. The molecule has 114 valence electrons. The third-order valence-electron chi connectivity index (χ3n) is 3.69. The van der Waals surface area contributed by atoms with E-state index in [4.69, 9.17) is 4.74 Å². The van der Waals surface area contributed by atoms with Gasteiger partial charge in [-0.3, -0.25) is 9.48 Å². The first-order valence-electron chi connectivity index (χ1n) is 6.56. The van der Waals surface area contributed by atoms with Crippen molar-refractivity contribution < 1.29 is 9.53 Å². The van der Waals surface area contributed by atoms with Crippen molar-refractivity contribution in [3.63, 3.8) is 0 Å². The van der Waals surface area contributed by atoms with E-state index in [0.29, 0.717) is 13.2 Å². The monoisotopic (exact) mass is 302 g/mol. The molecule has 0 bridgehead atoms. The Morgan fingerprint density at radius 1 is 1.60 bits per heavy atom. The summed E-state index contributed by atoms with van der Waals surface area (Å²) in [5, 5.41) is 7.50. The zero-order valence-corrected chi connectivity index (χ0v) is 13.0. The number of aryl methyl sites for hydroxylation is 1. The number of amides is 1. The summed E-state index contributed by atoms with van der Waals surface area (Å²) in [4.78, 5) is 14.2. The van der Waals surface area contributed by atoms with Crippen LogP contribution in [-0.4, -0.2) is 61.0 Å². The van der Waals surface area contributed by atoms with Crippen molar-refractivity contribution in [2.75, 3.05) is 40.4 Å². The van der Waals surface area contributed by atoms with Crippen LogP contribution < -0.4 is 5.32 Å². The molecule has 6 nitrogen and oxygen atoms in total. The van der Waals surface area contributed by atoms with Crippen LogP contribution in [0.15, 0.2) is 12.4 Å². The van der Waals surface area contributed by atoms with Gasteiger partial charge in [0.25, 0.3) is 0 Å². The van der Waals surface area contributed by atoms with E-state index >= 15 is 0 Å². The minimum absolute atomic E-state index is 0. The lowest BCUT2D eigenvalue weighted by Crippen LogP contribution is -2.37. The van der Waals surface area contributed by atoms with Crippen LogP contribution in [0.4, 0.5) is 0 Å². The van der Waals surface area contributed by atoms with Gasteiger partial charge in [0.15, 0.2) is 0 Å². The summed E-state index contributed by atoms with van der Waals surface area (Å²) in [7, 11) is 5.38. The highest BCUT2D eigenvalue weighted by Gasteiger charge is 2.36. The average Bonchev–Trinajstić information content (AvgIpc) is 3.03. The van der Waals surface area contributed by atoms with Gasteiger partial charge >= 0.3 is 0 Å². The van der Waals surface area contributed by atoms with Crippen LogP contribution in [0, 0.1) is 5.92 Å². The lowest BCUT2D eigenvalue weighted by atomic mass is 9.90. The average molecular weight is 303 g/mol. The number of rotatable bonds is 5. The van der Waals surface area contributed by atoms with Crippen molar-refractivity contribution in [2.24, 2.45) is 13.0 Å². The Kier molecular flexibility index (Phi) is 6.45. The summed E-state index contributed by atoms with van der Waals surface area (Å²) in [6, 6.07) is 0. The summed E-state index contributed by atoms with van der Waals surface area (Å²) >= 11 is 0. The van der Waals surface area contributed by atoms with Crippen molar-refractivity contribution in [3.8, 4) is 0 Å². The molecule has 1 aliphatic heterocycles. The number of carbonyl (C=O) groups is 1. The molecule has 0 saturated carbocycles. The molecule has 1 saturated heterocycles. The molecule has 0 unspecified atom stereocenters. The van der Waals surface area contributed by atoms with Gasteiger partial charge in [0.1, 0.15) is 0 Å². The van der Waals surface area contributed by atoms with Crippen molar-refractivity contribution in [2.45, 2.75) is 5.92 Å². The first-order chi connectivity index (χ1) is 9.13. The Hall–Kier alpha value is -1.11. The van der Waals surface area contributed by atoms with E-state index in [9.17, 15) is 4.79 Å². The smallest absolute Gasteiger partial charge is 0.227 e. The zero-order chi connectivity index (χ0) is 13.8. The fourth-order valence-electron chi connectivity index (χ4n) is 2.54. The maximum atomic E-state index is 12.4. The number of halogens is 1. The first-order valence-corrected chi connectivity index (χ1v) is 6.56. The fourth-order valence-corrected chi connectivity index (χ4v) is 2.54. The molecule has 1 fully saturated rings. The van der Waals surface area contributed by atoms with Crippen LogP contribution in [-0.2, 0) is 16.6 Å². The summed E-state index contributed by atoms with van der Waals surface area (Å²) in [6.45, 7) is 2.77. The molecule has 2 rings (SSSR count). The van der Waals surface area contributed by atoms with E-state index in [-0.39, 0.29) is 30.2 Å². The van der Waals surface area contributed by atoms with Crippen LogP contribution >= 0.6 is 12.4 Å². The summed E-state index contributed by atoms with van der Waals surface area (Å²) in [5.74, 6) is 0.383. The van der Waals surface area contributed by atoms with E-state index in [1.54, 1.807) is 16.7 Å². The molecule has 1 amide bonds. The molecule has 1 aromatic rings. The largest absolute Gasteiger partial charge is 0.383 e. The number of hydrogen-bond acceptors (Lipinski definition) is 4. The number of methoxy groups -OCH3 is 1. The third kappa shape index (κ3) is 3.71. The predicted octanol–water partition coefficient (Wildman–Crippen LogP) is 0.250. The lowest BCUT2D eigenvalue weighted by molar-refractivity contribution is -0.134. The molecule has 1 N–H and O–H groups in total. The fraction of sp³-hybridized carbons (Fsp3) is 0.692. The van der Waals surface area contributed by atoms with Crippen LogP contribution in [0.1, 0.15) is 11.5 Å². The molecule has 7 heteroatoms. The first kappa shape index (κ1) is 16.9. The second-order valence-electron chi connectivity index (χ2n) is 5.07. The van der Waals surface area contributed by atoms with Gasteiger partial charge < -0.3 is 15.0 Å². The molecule has 1 aliphatic rings. The highest BCUT2D eigenvalue weighted by atomic mass is 35.5.